The number of thiazole rings is 1. The van der Waals surface area contributed by atoms with Crippen LogP contribution in [-0.4, -0.2) is 44.7 Å². The Hall–Kier alpha value is -2.19. The number of aliphatic hydroxyl groups is 1. The first kappa shape index (κ1) is 14.2. The number of aryl methyl sites for hydroxylation is 1. The zero-order valence-electron chi connectivity index (χ0n) is 10.6. The number of aliphatic carboxylic acids is 1. The van der Waals surface area contributed by atoms with Crippen molar-refractivity contribution in [1.29, 1.82) is 0 Å². The number of hydrogen-bond donors (Lipinski definition) is 4. The maximum atomic E-state index is 11.8. The number of hydrogen-bond acceptors (Lipinski definition) is 5. The first-order valence-electron chi connectivity index (χ1n) is 5.76. The number of nitrogens with zero attached hydrogens (tertiary/aromatic N) is 1. The van der Waals surface area contributed by atoms with Crippen LogP contribution in [-0.2, 0) is 4.79 Å². The predicted octanol–water partition coefficient (Wildman–Crippen LogP) is 0.622. The van der Waals surface area contributed by atoms with Crippen LogP contribution in [0.25, 0.3) is 11.3 Å². The lowest BCUT2D eigenvalue weighted by atomic mass is 10.2. The van der Waals surface area contributed by atoms with E-state index in [1.807, 2.05) is 12.3 Å². The van der Waals surface area contributed by atoms with Crippen LogP contribution in [0.5, 0.6) is 0 Å². The van der Waals surface area contributed by atoms with Gasteiger partial charge in [-0.2, -0.15) is 0 Å². The van der Waals surface area contributed by atoms with Gasteiger partial charge < -0.3 is 20.5 Å². The smallest absolute Gasteiger partial charge is 0.328 e. The minimum atomic E-state index is -1.32. The lowest BCUT2D eigenvalue weighted by Gasteiger charge is -2.10. The van der Waals surface area contributed by atoms with Gasteiger partial charge in [-0.05, 0) is 13.0 Å². The van der Waals surface area contributed by atoms with Crippen LogP contribution in [0, 0.1) is 6.92 Å². The van der Waals surface area contributed by atoms with Crippen molar-refractivity contribution in [3.63, 3.8) is 0 Å². The van der Waals surface area contributed by atoms with Crippen LogP contribution in [0.3, 0.4) is 0 Å². The molecule has 1 atom stereocenters. The summed E-state index contributed by atoms with van der Waals surface area (Å²) in [6.07, 6.45) is 1.62. The highest BCUT2D eigenvalue weighted by molar-refractivity contribution is 7.09. The summed E-state index contributed by atoms with van der Waals surface area (Å²) in [6.45, 7) is 1.22. The number of aromatic amines is 1. The Bertz CT molecular complexity index is 634. The predicted molar refractivity (Wildman–Crippen MR) is 72.6 cm³/mol. The van der Waals surface area contributed by atoms with Crippen molar-refractivity contribution >= 4 is 23.2 Å². The second kappa shape index (κ2) is 5.85. The van der Waals surface area contributed by atoms with E-state index in [1.165, 1.54) is 11.3 Å². The minimum absolute atomic E-state index is 0.213. The average molecular weight is 295 g/mol. The van der Waals surface area contributed by atoms with Crippen LogP contribution in [0.4, 0.5) is 0 Å². The van der Waals surface area contributed by atoms with Crippen molar-refractivity contribution in [2.24, 2.45) is 0 Å². The van der Waals surface area contributed by atoms with Gasteiger partial charge in [0.1, 0.15) is 5.69 Å². The Labute approximate surface area is 118 Å². The number of carbonyl (C=O) groups is 2. The van der Waals surface area contributed by atoms with Crippen LogP contribution in [0.2, 0.25) is 0 Å². The van der Waals surface area contributed by atoms with E-state index in [9.17, 15) is 9.59 Å². The fraction of sp³-hybridized carbons (Fsp3) is 0.250. The molecule has 2 rings (SSSR count). The number of aliphatic hydroxyl groups excluding tert-OH is 1. The lowest BCUT2D eigenvalue weighted by Crippen LogP contribution is -2.43. The van der Waals surface area contributed by atoms with Gasteiger partial charge in [0.05, 0.1) is 17.3 Å². The van der Waals surface area contributed by atoms with E-state index in [0.29, 0.717) is 0 Å². The third kappa shape index (κ3) is 3.03. The minimum Gasteiger partial charge on any atom is -0.480 e. The molecular formula is C12H13N3O4S. The molecule has 0 saturated carbocycles. The SMILES string of the molecule is Cc1nc(-c2c[nH]c(C(=O)NC(CO)C(=O)O)c2)cs1. The summed E-state index contributed by atoms with van der Waals surface area (Å²) >= 11 is 1.50. The van der Waals surface area contributed by atoms with E-state index in [1.54, 1.807) is 12.3 Å². The molecule has 0 fully saturated rings. The summed E-state index contributed by atoms with van der Waals surface area (Å²) in [4.78, 5) is 29.6. The van der Waals surface area contributed by atoms with E-state index in [0.717, 1.165) is 16.3 Å². The third-order valence-electron chi connectivity index (χ3n) is 2.63. The largest absolute Gasteiger partial charge is 0.480 e. The first-order valence-corrected chi connectivity index (χ1v) is 6.64. The Morgan fingerprint density at radius 3 is 2.85 bits per heavy atom. The van der Waals surface area contributed by atoms with Gasteiger partial charge in [-0.1, -0.05) is 0 Å². The number of H-pyrrole nitrogens is 1. The Kier molecular flexibility index (Phi) is 4.16. The molecule has 8 heteroatoms. The van der Waals surface area contributed by atoms with Crippen LogP contribution in [0.1, 0.15) is 15.5 Å². The van der Waals surface area contributed by atoms with Gasteiger partial charge in [-0.15, -0.1) is 11.3 Å². The quantitative estimate of drug-likeness (QED) is 0.645. The highest BCUT2D eigenvalue weighted by atomic mass is 32.1. The number of rotatable bonds is 5. The summed E-state index contributed by atoms with van der Waals surface area (Å²) in [6, 6.07) is 0.260. The summed E-state index contributed by atoms with van der Waals surface area (Å²) in [5.41, 5.74) is 1.71. The van der Waals surface area contributed by atoms with Crippen molar-refractivity contribution < 1.29 is 19.8 Å². The highest BCUT2D eigenvalue weighted by Crippen LogP contribution is 2.22. The molecule has 0 spiro atoms. The van der Waals surface area contributed by atoms with Gasteiger partial charge in [0.15, 0.2) is 6.04 Å². The molecule has 2 aromatic heterocycles. The number of carboxylic acids is 1. The van der Waals surface area contributed by atoms with E-state index >= 15 is 0 Å². The number of carboxylic acid groups (broad SMARTS) is 1. The lowest BCUT2D eigenvalue weighted by molar-refractivity contribution is -0.140. The number of carbonyl (C=O) groups excluding carboxylic acids is 1. The molecule has 0 aliphatic carbocycles. The normalized spacial score (nSPS) is 12.1. The van der Waals surface area contributed by atoms with Gasteiger partial charge in [0.2, 0.25) is 0 Å². The molecule has 4 N–H and O–H groups in total. The summed E-state index contributed by atoms with van der Waals surface area (Å²) in [5, 5.41) is 22.6. The molecule has 2 heterocycles. The molecular weight excluding hydrogens is 282 g/mol. The molecule has 0 aliphatic heterocycles. The maximum Gasteiger partial charge on any atom is 0.328 e. The highest BCUT2D eigenvalue weighted by Gasteiger charge is 2.20. The fourth-order valence-electron chi connectivity index (χ4n) is 1.59. The van der Waals surface area contributed by atoms with E-state index in [4.69, 9.17) is 10.2 Å². The second-order valence-electron chi connectivity index (χ2n) is 4.10. The summed E-state index contributed by atoms with van der Waals surface area (Å²) in [5.74, 6) is -1.88. The molecule has 0 radical (unpaired) electrons. The molecule has 0 aliphatic rings. The van der Waals surface area contributed by atoms with Gasteiger partial charge in [0, 0.05) is 17.1 Å². The molecule has 0 saturated heterocycles. The monoisotopic (exact) mass is 295 g/mol. The van der Waals surface area contributed by atoms with E-state index in [2.05, 4.69) is 15.3 Å². The van der Waals surface area contributed by atoms with Crippen molar-refractivity contribution in [1.82, 2.24) is 15.3 Å². The summed E-state index contributed by atoms with van der Waals surface area (Å²) < 4.78 is 0. The fourth-order valence-corrected chi connectivity index (χ4v) is 2.21. The zero-order chi connectivity index (χ0) is 14.7. The van der Waals surface area contributed by atoms with Crippen molar-refractivity contribution in [2.75, 3.05) is 6.61 Å². The standard InChI is InChI=1S/C12H13N3O4S/c1-6-14-10(5-20-6)7-2-8(13-3-7)11(17)15-9(4-16)12(18)19/h2-3,5,9,13,16H,4H2,1H3,(H,15,17)(H,18,19). The van der Waals surface area contributed by atoms with Gasteiger partial charge in [0.25, 0.3) is 5.91 Å². The third-order valence-corrected chi connectivity index (χ3v) is 3.40. The summed E-state index contributed by atoms with van der Waals surface area (Å²) in [7, 11) is 0. The molecule has 0 aromatic carbocycles. The van der Waals surface area contributed by atoms with E-state index < -0.39 is 24.5 Å². The molecule has 0 bridgehead atoms. The number of nitrogens with one attached hydrogen (secondary N) is 2. The molecule has 1 amide bonds. The molecule has 7 nitrogen and oxygen atoms in total. The van der Waals surface area contributed by atoms with Crippen molar-refractivity contribution in [3.8, 4) is 11.3 Å². The van der Waals surface area contributed by atoms with Crippen LogP contribution < -0.4 is 5.32 Å². The van der Waals surface area contributed by atoms with Crippen molar-refractivity contribution in [3.05, 3.63) is 28.3 Å². The first-order chi connectivity index (χ1) is 9.51. The Balaban J connectivity index is 2.12. The Morgan fingerprint density at radius 1 is 1.55 bits per heavy atom. The van der Waals surface area contributed by atoms with Crippen LogP contribution in [0.15, 0.2) is 17.6 Å². The molecule has 1 unspecified atom stereocenters. The van der Waals surface area contributed by atoms with Gasteiger partial charge >= 0.3 is 5.97 Å². The van der Waals surface area contributed by atoms with E-state index in [-0.39, 0.29) is 5.69 Å². The molecule has 2 aromatic rings. The number of aromatic nitrogens is 2. The topological polar surface area (TPSA) is 115 Å². The Morgan fingerprint density at radius 2 is 2.30 bits per heavy atom. The molecule has 106 valence electrons. The average Bonchev–Trinajstić information content (AvgIpc) is 3.03. The second-order valence-corrected chi connectivity index (χ2v) is 5.16. The van der Waals surface area contributed by atoms with Gasteiger partial charge in [-0.25, -0.2) is 9.78 Å². The number of amides is 1. The zero-order valence-corrected chi connectivity index (χ0v) is 11.4. The van der Waals surface area contributed by atoms with Crippen molar-refractivity contribution in [2.45, 2.75) is 13.0 Å². The van der Waals surface area contributed by atoms with Gasteiger partial charge in [-0.3, -0.25) is 4.79 Å². The maximum absolute atomic E-state index is 11.8. The van der Waals surface area contributed by atoms with Crippen LogP contribution >= 0.6 is 11.3 Å². The molecule has 20 heavy (non-hydrogen) atoms.